The quantitative estimate of drug-likeness (QED) is 0.109. The Morgan fingerprint density at radius 3 is 0.841 bits per heavy atom. The number of allylic oxidation sites excluding steroid dienone is 10. The van der Waals surface area contributed by atoms with Crippen molar-refractivity contribution in [2.45, 2.75) is 52.9 Å². The summed E-state index contributed by atoms with van der Waals surface area (Å²) in [4.78, 5) is 184. The molecule has 0 spiro atoms. The molecule has 464 valence electrons. The fourth-order valence-corrected chi connectivity index (χ4v) is 17.3. The number of carbonyl (C=O) groups excluding carboxylic acids is 13. The maximum atomic E-state index is 14.5. The minimum Gasteiger partial charge on any atom is -0.383 e. The number of methoxy groups -OCH3 is 2. The maximum Gasteiger partial charge on any atom is 0.234 e. The summed E-state index contributed by atoms with van der Waals surface area (Å²) in [6.45, 7) is 7.16. The molecule has 5 heterocycles. The molecule has 11 rings (SSSR count). The highest BCUT2D eigenvalue weighted by Crippen LogP contribution is 2.56. The Morgan fingerprint density at radius 2 is 0.602 bits per heavy atom. The van der Waals surface area contributed by atoms with E-state index in [9.17, 15) is 62.3 Å². The van der Waals surface area contributed by atoms with Crippen molar-refractivity contribution in [2.75, 3.05) is 60.2 Å². The summed E-state index contributed by atoms with van der Waals surface area (Å²) in [5.74, 6) is -17.3. The highest BCUT2D eigenvalue weighted by atomic mass is 16.5. The Hall–Kier alpha value is -7.71. The summed E-state index contributed by atoms with van der Waals surface area (Å²) in [5.41, 5.74) is 0.923. The number of fused-ring (bicyclic) bond motifs is 5. The van der Waals surface area contributed by atoms with Gasteiger partial charge in [0.25, 0.3) is 0 Å². The predicted octanol–water partition coefficient (Wildman–Crippen LogP) is 4.36. The molecule has 10 aliphatic rings. The molecule has 20 atom stereocenters. The van der Waals surface area contributed by atoms with E-state index in [1.807, 2.05) is 91.1 Å². The summed E-state index contributed by atoms with van der Waals surface area (Å²) < 4.78 is 10.6. The lowest BCUT2D eigenvalue weighted by Crippen LogP contribution is -2.37. The van der Waals surface area contributed by atoms with Crippen LogP contribution in [0, 0.1) is 118 Å². The monoisotopic (exact) mass is 1200 g/mol. The number of hydrogen-bond donors (Lipinski definition) is 0. The third-order valence-electron chi connectivity index (χ3n) is 21.0. The average Bonchev–Trinajstić information content (AvgIpc) is 1.78. The molecule has 88 heavy (non-hydrogen) atoms. The summed E-state index contributed by atoms with van der Waals surface area (Å²) in [6.07, 6.45) is 22.6. The van der Waals surface area contributed by atoms with Crippen molar-refractivity contribution >= 4 is 82.5 Å². The van der Waals surface area contributed by atoms with Crippen molar-refractivity contribution in [1.82, 2.24) is 24.5 Å². The van der Waals surface area contributed by atoms with E-state index in [4.69, 9.17) is 9.47 Å². The van der Waals surface area contributed by atoms with Crippen LogP contribution in [0.2, 0.25) is 0 Å². The van der Waals surface area contributed by atoms with E-state index in [-0.39, 0.29) is 98.1 Å². The molecule has 1 aromatic rings. The van der Waals surface area contributed by atoms with E-state index in [0.717, 1.165) is 20.3 Å². The molecule has 5 saturated heterocycles. The van der Waals surface area contributed by atoms with E-state index in [0.29, 0.717) is 32.1 Å². The summed E-state index contributed by atoms with van der Waals surface area (Å²) in [7, 11) is 2.95. The number of Topliss-reactive ketones (excluding diaryl/α,β-unsaturated/α-hetero) is 3. The first-order valence-electron chi connectivity index (χ1n) is 31.0. The van der Waals surface area contributed by atoms with Gasteiger partial charge in [0.15, 0.2) is 0 Å². The number of ether oxygens (including phenoxy) is 2. The minimum absolute atomic E-state index is 0.0365. The number of amides is 10. The lowest BCUT2D eigenvalue weighted by Gasteiger charge is -2.20. The molecule has 20 nitrogen and oxygen atoms in total. The molecule has 5 saturated carbocycles. The number of imide groups is 5. The molecule has 5 aliphatic carbocycles. The number of nitrogens with zero attached hydrogens (tertiary/aromatic N) is 5. The van der Waals surface area contributed by atoms with Crippen LogP contribution in [0.15, 0.2) is 97.7 Å². The van der Waals surface area contributed by atoms with Crippen LogP contribution in [0.1, 0.15) is 58.4 Å². The van der Waals surface area contributed by atoms with Crippen LogP contribution in [-0.4, -0.2) is 161 Å². The van der Waals surface area contributed by atoms with Gasteiger partial charge in [-0.25, -0.2) is 0 Å². The van der Waals surface area contributed by atoms with Gasteiger partial charge in [0.1, 0.15) is 17.3 Å². The Labute approximate surface area is 511 Å². The number of carbonyl (C=O) groups is 13. The van der Waals surface area contributed by atoms with E-state index >= 15 is 0 Å². The van der Waals surface area contributed by atoms with Crippen LogP contribution in [0.25, 0.3) is 6.08 Å². The van der Waals surface area contributed by atoms with Crippen LogP contribution in [-0.2, 0) is 71.8 Å². The normalized spacial score (nSPS) is 36.9. The second kappa shape index (κ2) is 25.0. The van der Waals surface area contributed by atoms with Crippen LogP contribution in [0.4, 0.5) is 0 Å². The second-order valence-electron chi connectivity index (χ2n) is 26.2. The van der Waals surface area contributed by atoms with Crippen molar-refractivity contribution in [3.63, 3.8) is 0 Å². The zero-order chi connectivity index (χ0) is 62.7. The molecule has 20 unspecified atom stereocenters. The molecule has 10 amide bonds. The molecule has 0 radical (unpaired) electrons. The van der Waals surface area contributed by atoms with Crippen LogP contribution < -0.4 is 0 Å². The molecular weight excluding hydrogens is 1130 g/mol. The SMILES string of the molecule is C=CC1CC(/C=C\C2CC(/C=C\C3CC(/C=C\C4CC(/C=C\C5CC(C=Cc6ccccc6)C6C(=O)N(CC(C)=O)C(=O)C56)C5C(=O)N(CCOC)C(=O)C45)C4C(=O)N(CC(C)=O)C(=O)C34)C3C(=O)N(CCOC)C(=O)C23)C2C(=O)N(CC(C)=O)C(=O)C12. The van der Waals surface area contributed by atoms with Gasteiger partial charge in [-0.2, -0.15) is 0 Å². The van der Waals surface area contributed by atoms with Gasteiger partial charge >= 0.3 is 0 Å². The molecule has 20 heteroatoms. The van der Waals surface area contributed by atoms with Crippen LogP contribution in [0.5, 0.6) is 0 Å². The summed E-state index contributed by atoms with van der Waals surface area (Å²) in [6, 6.07) is 9.58. The van der Waals surface area contributed by atoms with Crippen LogP contribution >= 0.6 is 0 Å². The molecule has 1 aromatic carbocycles. The van der Waals surface area contributed by atoms with Crippen molar-refractivity contribution in [2.24, 2.45) is 118 Å². The van der Waals surface area contributed by atoms with Crippen molar-refractivity contribution in [3.05, 3.63) is 103 Å². The Balaban J connectivity index is 0.866. The van der Waals surface area contributed by atoms with E-state index in [2.05, 4.69) is 6.58 Å². The van der Waals surface area contributed by atoms with E-state index in [1.54, 1.807) is 6.08 Å². The minimum atomic E-state index is -0.879. The van der Waals surface area contributed by atoms with Crippen molar-refractivity contribution in [1.29, 1.82) is 0 Å². The van der Waals surface area contributed by atoms with Gasteiger partial charge in [0, 0.05) is 14.2 Å². The zero-order valence-electron chi connectivity index (χ0n) is 50.3. The van der Waals surface area contributed by atoms with Gasteiger partial charge in [-0.05, 0) is 118 Å². The molecule has 0 N–H and O–H groups in total. The van der Waals surface area contributed by atoms with Gasteiger partial charge in [-0.3, -0.25) is 86.8 Å². The molecule has 0 aromatic heterocycles. The zero-order valence-corrected chi connectivity index (χ0v) is 50.3. The first-order valence-corrected chi connectivity index (χ1v) is 31.0. The lowest BCUT2D eigenvalue weighted by molar-refractivity contribution is -0.144. The Bertz CT molecular complexity index is 3290. The van der Waals surface area contributed by atoms with Gasteiger partial charge in [-0.15, -0.1) is 6.58 Å². The van der Waals surface area contributed by atoms with Gasteiger partial charge in [-0.1, -0.05) is 97.2 Å². The Morgan fingerprint density at radius 1 is 0.375 bits per heavy atom. The highest BCUT2D eigenvalue weighted by Gasteiger charge is 2.63. The predicted molar refractivity (Wildman–Crippen MR) is 315 cm³/mol. The van der Waals surface area contributed by atoms with Crippen molar-refractivity contribution < 1.29 is 71.8 Å². The fourth-order valence-electron chi connectivity index (χ4n) is 17.3. The standard InChI is InChI=1S/C68H77N5O15/c1-7-39-27-41(50-49(39)63(81)71(64(50)82)32-35(2)74)15-16-42-29-44(52-51(42)59(77)69(60(52)78)23-25-87-5)18-21-47-31-48(58-57(47)67(85)73(68(58)86)34-37(4)76)22-19-45-30-43(53-54(45)62(80)70(61(53)79)24-26-88-6)17-20-46-28-40(14-13-38-11-9-8-10-12-38)55-56(46)66(84)72(65(55)83)33-36(3)75/h7-22,39-58H,1,23-34H2,2-6H3/b14-13?,16-15-,20-17-,21-18-,22-19-. The van der Waals surface area contributed by atoms with E-state index < -0.39 is 143 Å². The van der Waals surface area contributed by atoms with Gasteiger partial charge in [0.2, 0.25) is 59.1 Å². The third-order valence-corrected chi connectivity index (χ3v) is 21.0. The highest BCUT2D eigenvalue weighted by molar-refractivity contribution is 6.11. The van der Waals surface area contributed by atoms with Gasteiger partial charge in [0.05, 0.1) is 105 Å². The third kappa shape index (κ3) is 10.9. The maximum absolute atomic E-state index is 14.5. The molecule has 10 fully saturated rings. The van der Waals surface area contributed by atoms with Crippen LogP contribution in [0.3, 0.4) is 0 Å². The Kier molecular flexibility index (Phi) is 17.6. The van der Waals surface area contributed by atoms with Gasteiger partial charge < -0.3 is 9.47 Å². The van der Waals surface area contributed by atoms with Crippen molar-refractivity contribution in [3.8, 4) is 0 Å². The first kappa shape index (κ1) is 61.9. The summed E-state index contributed by atoms with van der Waals surface area (Å²) >= 11 is 0. The number of ketones is 3. The van der Waals surface area contributed by atoms with E-state index in [1.165, 1.54) is 44.8 Å². The first-order chi connectivity index (χ1) is 42.2. The fraction of sp³-hybridized carbons (Fsp3) is 0.544. The molecule has 0 bridgehead atoms. The molecular formula is C68H77N5O15. The largest absolute Gasteiger partial charge is 0.383 e. The number of benzene rings is 1. The number of rotatable bonds is 23. The summed E-state index contributed by atoms with van der Waals surface area (Å²) in [5, 5.41) is 0. The smallest absolute Gasteiger partial charge is 0.234 e. The molecule has 5 aliphatic heterocycles. The lowest BCUT2D eigenvalue weighted by atomic mass is 9.85. The topological polar surface area (TPSA) is 257 Å². The average molecular weight is 1200 g/mol. The number of hydrogen-bond acceptors (Lipinski definition) is 15. The number of likely N-dealkylation sites (tertiary alicyclic amines) is 5. The second-order valence-corrected chi connectivity index (χ2v) is 26.2.